The molecule has 12 aromatic rings. The van der Waals surface area contributed by atoms with Crippen molar-refractivity contribution in [2.45, 2.75) is 0 Å². The molecule has 0 bridgehead atoms. The fourth-order valence-electron chi connectivity index (χ4n) is 9.96. The maximum atomic E-state index is 10.4. The van der Waals surface area contributed by atoms with Gasteiger partial charge in [-0.2, -0.15) is 26.3 Å². The van der Waals surface area contributed by atoms with Crippen LogP contribution >= 0.6 is 0 Å². The van der Waals surface area contributed by atoms with Crippen molar-refractivity contribution < 1.29 is 0 Å². The normalized spacial score (nSPS) is 11.0. The van der Waals surface area contributed by atoms with Gasteiger partial charge in [0.15, 0.2) is 0 Å². The van der Waals surface area contributed by atoms with Crippen LogP contribution < -0.4 is 0 Å². The van der Waals surface area contributed by atoms with Crippen LogP contribution in [0.25, 0.3) is 111 Å². The Morgan fingerprint density at radius 1 is 0.292 bits per heavy atom. The summed E-state index contributed by atoms with van der Waals surface area (Å²) in [7, 11) is 0. The maximum Gasteiger partial charge on any atom is 0.0991 e. The first kappa shape index (κ1) is 42.5. The van der Waals surface area contributed by atoms with Crippen LogP contribution in [-0.2, 0) is 0 Å². The van der Waals surface area contributed by atoms with Crippen molar-refractivity contribution in [3.63, 3.8) is 0 Å². The van der Waals surface area contributed by atoms with Gasteiger partial charge in [-0.3, -0.25) is 4.98 Å². The Morgan fingerprint density at radius 3 is 0.958 bits per heavy atom. The van der Waals surface area contributed by atoms with Crippen molar-refractivity contribution in [2.24, 2.45) is 0 Å². The van der Waals surface area contributed by atoms with Gasteiger partial charge < -0.3 is 9.13 Å². The largest absolute Gasteiger partial charge is 0.309 e. The first-order chi connectivity index (χ1) is 35.4. The zero-order valence-corrected chi connectivity index (χ0v) is 38.2. The van der Waals surface area contributed by atoms with E-state index in [0.717, 1.165) is 105 Å². The van der Waals surface area contributed by atoms with Crippen molar-refractivity contribution in [1.29, 1.82) is 26.3 Å². The molecule has 12 rings (SSSR count). The third kappa shape index (κ3) is 7.25. The minimum Gasteiger partial charge on any atom is -0.309 e. The summed E-state index contributed by atoms with van der Waals surface area (Å²) in [5, 5.41) is 52.5. The molecule has 3 aromatic heterocycles. The Kier molecular flexibility index (Phi) is 10.3. The summed E-state index contributed by atoms with van der Waals surface area (Å²) in [5.41, 5.74) is 18.0. The highest BCUT2D eigenvalue weighted by atomic mass is 15.0. The standard InChI is InChI=1S/C64H34N8/c65-35-40-1-10-45(11-2-40)49-18-23-60-54(30-49)55-31-50(46-12-3-41(36-66)4-13-46)19-24-61(55)71(60)53-27-28-70-59(34-53)58-29-44(39-69)9-22-64(58)72-62-25-20-51(47-14-5-42(37-67)6-15-47)32-56(62)57-33-52(21-26-63(57)72)48-16-7-43(38-68)8-17-48/h1-34H. The van der Waals surface area contributed by atoms with E-state index in [1.807, 2.05) is 128 Å². The molecule has 0 spiro atoms. The monoisotopic (exact) mass is 914 g/mol. The lowest BCUT2D eigenvalue weighted by Gasteiger charge is -2.16. The highest BCUT2D eigenvalue weighted by molar-refractivity contribution is 6.13. The molecule has 330 valence electrons. The summed E-state index contributed by atoms with van der Waals surface area (Å²) in [6, 6.07) is 77.3. The molecule has 8 nitrogen and oxygen atoms in total. The minimum atomic E-state index is 0.496. The third-order valence-corrected chi connectivity index (χ3v) is 13.6. The Bertz CT molecular complexity index is 4180. The van der Waals surface area contributed by atoms with Crippen LogP contribution in [0.3, 0.4) is 0 Å². The number of hydrogen-bond acceptors (Lipinski definition) is 6. The minimum absolute atomic E-state index is 0.496. The molecule has 0 aliphatic heterocycles. The number of rotatable bonds is 7. The van der Waals surface area contributed by atoms with Crippen molar-refractivity contribution in [3.8, 4) is 97.5 Å². The number of nitriles is 5. The molecule has 3 heterocycles. The molecule has 0 unspecified atom stereocenters. The lowest BCUT2D eigenvalue weighted by Crippen LogP contribution is -2.01. The lowest BCUT2D eigenvalue weighted by atomic mass is 9.99. The highest BCUT2D eigenvalue weighted by Crippen LogP contribution is 2.42. The van der Waals surface area contributed by atoms with Crippen LogP contribution in [0.4, 0.5) is 0 Å². The van der Waals surface area contributed by atoms with Crippen molar-refractivity contribution in [1.82, 2.24) is 14.1 Å². The molecule has 0 amide bonds. The first-order valence-electron chi connectivity index (χ1n) is 23.1. The summed E-state index contributed by atoms with van der Waals surface area (Å²) in [4.78, 5) is 5.03. The Balaban J connectivity index is 1.05. The summed E-state index contributed by atoms with van der Waals surface area (Å²) in [6.07, 6.45) is 1.82. The molecule has 0 N–H and O–H groups in total. The average molecular weight is 915 g/mol. The zero-order chi connectivity index (χ0) is 48.9. The Labute approximate surface area is 413 Å². The number of aromatic nitrogens is 3. The second-order valence-electron chi connectivity index (χ2n) is 17.6. The van der Waals surface area contributed by atoms with Gasteiger partial charge in [0.2, 0.25) is 0 Å². The molecule has 0 aliphatic carbocycles. The summed E-state index contributed by atoms with van der Waals surface area (Å²) < 4.78 is 4.50. The Hall–Kier alpha value is -10.8. The van der Waals surface area contributed by atoms with E-state index in [1.54, 1.807) is 0 Å². The molecule has 0 saturated heterocycles. The van der Waals surface area contributed by atoms with E-state index in [9.17, 15) is 26.3 Å². The van der Waals surface area contributed by atoms with E-state index in [1.165, 1.54) is 0 Å². The van der Waals surface area contributed by atoms with E-state index < -0.39 is 0 Å². The van der Waals surface area contributed by atoms with E-state index >= 15 is 0 Å². The van der Waals surface area contributed by atoms with Gasteiger partial charge >= 0.3 is 0 Å². The fourth-order valence-corrected chi connectivity index (χ4v) is 9.96. The quantitative estimate of drug-likeness (QED) is 0.156. The number of hydrogen-bond donors (Lipinski definition) is 0. The van der Waals surface area contributed by atoms with E-state index in [2.05, 4.69) is 118 Å². The first-order valence-corrected chi connectivity index (χ1v) is 23.1. The summed E-state index contributed by atoms with van der Waals surface area (Å²) >= 11 is 0. The zero-order valence-electron chi connectivity index (χ0n) is 38.2. The van der Waals surface area contributed by atoms with Crippen LogP contribution in [0.5, 0.6) is 0 Å². The topological polar surface area (TPSA) is 142 Å². The summed E-state index contributed by atoms with van der Waals surface area (Å²) in [5.74, 6) is 0. The van der Waals surface area contributed by atoms with Crippen LogP contribution in [0, 0.1) is 56.7 Å². The van der Waals surface area contributed by atoms with Crippen molar-refractivity contribution in [3.05, 3.63) is 234 Å². The van der Waals surface area contributed by atoms with Crippen LogP contribution in [0.2, 0.25) is 0 Å². The molecule has 9 aromatic carbocycles. The maximum absolute atomic E-state index is 10.4. The molecule has 0 aliphatic rings. The number of fused-ring (bicyclic) bond motifs is 6. The molecular weight excluding hydrogens is 881 g/mol. The van der Waals surface area contributed by atoms with Gasteiger partial charge in [0, 0.05) is 39.0 Å². The van der Waals surface area contributed by atoms with Crippen molar-refractivity contribution in [2.75, 3.05) is 0 Å². The van der Waals surface area contributed by atoms with Crippen LogP contribution in [0.15, 0.2) is 206 Å². The lowest BCUT2D eigenvalue weighted by molar-refractivity contribution is 1.14. The van der Waals surface area contributed by atoms with Gasteiger partial charge in [-0.05, 0) is 172 Å². The highest BCUT2D eigenvalue weighted by Gasteiger charge is 2.21. The second kappa shape index (κ2) is 17.4. The fraction of sp³-hybridized carbons (Fsp3) is 0. The summed E-state index contributed by atoms with van der Waals surface area (Å²) in [6.45, 7) is 0. The molecule has 8 heteroatoms. The van der Waals surface area contributed by atoms with Gasteiger partial charge in [-0.15, -0.1) is 0 Å². The molecule has 0 fully saturated rings. The third-order valence-electron chi connectivity index (χ3n) is 13.6. The van der Waals surface area contributed by atoms with Crippen molar-refractivity contribution >= 4 is 43.6 Å². The number of benzene rings is 9. The molecule has 0 atom stereocenters. The molecule has 0 radical (unpaired) electrons. The predicted molar refractivity (Wildman–Crippen MR) is 284 cm³/mol. The van der Waals surface area contributed by atoms with E-state index in [4.69, 9.17) is 4.98 Å². The molecular formula is C64H34N8. The van der Waals surface area contributed by atoms with Gasteiger partial charge in [0.25, 0.3) is 0 Å². The Morgan fingerprint density at radius 2 is 0.611 bits per heavy atom. The predicted octanol–water partition coefficient (Wildman–Crippen LogP) is 15.0. The smallest absolute Gasteiger partial charge is 0.0991 e. The van der Waals surface area contributed by atoms with E-state index in [-0.39, 0.29) is 0 Å². The number of nitrogens with zero attached hydrogens (tertiary/aromatic N) is 8. The average Bonchev–Trinajstić information content (AvgIpc) is 3.96. The number of pyridine rings is 1. The molecule has 0 saturated carbocycles. The van der Waals surface area contributed by atoms with Gasteiger partial charge in [0.05, 0.1) is 91.6 Å². The van der Waals surface area contributed by atoms with Gasteiger partial charge in [-0.25, -0.2) is 0 Å². The van der Waals surface area contributed by atoms with E-state index in [0.29, 0.717) is 33.5 Å². The van der Waals surface area contributed by atoms with Crippen LogP contribution in [0.1, 0.15) is 27.8 Å². The van der Waals surface area contributed by atoms with Gasteiger partial charge in [-0.1, -0.05) is 72.8 Å². The van der Waals surface area contributed by atoms with Crippen LogP contribution in [-0.4, -0.2) is 14.1 Å². The van der Waals surface area contributed by atoms with Gasteiger partial charge in [0.1, 0.15) is 0 Å². The SMILES string of the molecule is N#Cc1ccc(-c2ccc3c(c2)c2cc(-c4ccc(C#N)cc4)ccc2n3-c2ccnc(-c3cc(C#N)ccc3-n3c4ccc(-c5ccc(C#N)cc5)cc4c4cc(-c5ccc(C#N)cc5)ccc43)c2)cc1. The second-order valence-corrected chi connectivity index (χ2v) is 17.6. The molecule has 72 heavy (non-hydrogen) atoms.